The van der Waals surface area contributed by atoms with Gasteiger partial charge in [-0.3, -0.25) is 9.80 Å². The van der Waals surface area contributed by atoms with Crippen LogP contribution in [0.25, 0.3) is 10.8 Å². The van der Waals surface area contributed by atoms with E-state index in [1.807, 2.05) is 32.9 Å². The lowest BCUT2D eigenvalue weighted by molar-refractivity contribution is 0.00600. The molecule has 0 radical (unpaired) electrons. The number of anilines is 2. The van der Waals surface area contributed by atoms with Gasteiger partial charge in [-0.05, 0) is 70.5 Å². The fraction of sp³-hybridized carbons (Fsp3) is 0.583. The second kappa shape index (κ2) is 11.9. The Labute approximate surface area is 285 Å². The highest BCUT2D eigenvalue weighted by Gasteiger charge is 2.51. The van der Waals surface area contributed by atoms with Gasteiger partial charge in [0.2, 0.25) is 0 Å². The quantitative estimate of drug-likeness (QED) is 0.383. The van der Waals surface area contributed by atoms with Crippen LogP contribution in [0, 0.1) is 0 Å². The van der Waals surface area contributed by atoms with Crippen LogP contribution in [0.4, 0.5) is 20.7 Å². The molecule has 8 rings (SSSR count). The van der Waals surface area contributed by atoms with Crippen molar-refractivity contribution in [2.45, 2.75) is 94.9 Å². The number of carbonyl (C=O) groups is 1. The minimum absolute atomic E-state index is 0.215. The summed E-state index contributed by atoms with van der Waals surface area (Å²) in [4.78, 5) is 31.8. The molecule has 1 N–H and O–H groups in total. The third-order valence-electron chi connectivity index (χ3n) is 10.9. The van der Waals surface area contributed by atoms with Gasteiger partial charge in [-0.15, -0.1) is 0 Å². The van der Waals surface area contributed by atoms with Crippen molar-refractivity contribution >= 4 is 40.0 Å². The monoisotopic (exact) mass is 678 g/mol. The first-order valence-corrected chi connectivity index (χ1v) is 17.6. The highest BCUT2D eigenvalue weighted by molar-refractivity contribution is 6.36. The Hall–Kier alpha value is -3.41. The van der Waals surface area contributed by atoms with Crippen molar-refractivity contribution in [1.29, 1.82) is 0 Å². The van der Waals surface area contributed by atoms with Crippen LogP contribution in [0.5, 0.6) is 6.01 Å². The number of fused-ring (bicyclic) bond motifs is 5. The molecular formula is C36H44ClFN6O4. The first-order valence-electron chi connectivity index (χ1n) is 17.3. The number of aliphatic hydroxyl groups excluding tert-OH is 1. The van der Waals surface area contributed by atoms with Crippen molar-refractivity contribution < 1.29 is 23.8 Å². The Kier molecular flexibility index (Phi) is 7.88. The molecule has 2 aromatic carbocycles. The minimum atomic E-state index is -0.849. The van der Waals surface area contributed by atoms with Crippen LogP contribution in [0.15, 0.2) is 36.4 Å². The van der Waals surface area contributed by atoms with Gasteiger partial charge in [-0.2, -0.15) is 9.97 Å². The number of amides is 1. The average Bonchev–Trinajstić information content (AvgIpc) is 3.63. The molecule has 5 aliphatic heterocycles. The molecule has 2 unspecified atom stereocenters. The highest BCUT2D eigenvalue weighted by Crippen LogP contribution is 2.42. The number of nitrogens with zero attached hydrogens (tertiary/aromatic N) is 6. The summed E-state index contributed by atoms with van der Waals surface area (Å²) in [6.45, 7) is 9.47. The van der Waals surface area contributed by atoms with Gasteiger partial charge >= 0.3 is 12.1 Å². The standard InChI is InChI=1S/C36H44ClFN6O4/c1-35(2,3)48-34(46)44-24-15-30(45)29(44)20-42(18-24)32-25-11-14-41(28-10-5-8-22-7-4-9-26(37)31(22)28)19-27(25)39-33(40-32)47-21-36-12-6-13-43(36)17-23(38)16-36/h4-5,7-10,23-24,29-30,45H,6,11-21H2,1-3H3/t23-,24-,29?,30-,36?/m1/s1. The number of aromatic nitrogens is 2. The van der Waals surface area contributed by atoms with E-state index in [0.717, 1.165) is 59.5 Å². The van der Waals surface area contributed by atoms with Crippen molar-refractivity contribution in [1.82, 2.24) is 19.8 Å². The van der Waals surface area contributed by atoms with Gasteiger partial charge in [-0.25, -0.2) is 9.18 Å². The number of piperazine rings is 1. The molecule has 0 spiro atoms. The first kappa shape index (κ1) is 31.8. The number of ether oxygens (including phenoxy) is 2. The van der Waals surface area contributed by atoms with E-state index in [1.54, 1.807) is 4.90 Å². The summed E-state index contributed by atoms with van der Waals surface area (Å²) in [5, 5.41) is 13.9. The van der Waals surface area contributed by atoms with Gasteiger partial charge in [0.15, 0.2) is 0 Å². The lowest BCUT2D eigenvalue weighted by Crippen LogP contribution is -2.58. The maximum absolute atomic E-state index is 14.6. The Morgan fingerprint density at radius 3 is 2.71 bits per heavy atom. The zero-order chi connectivity index (χ0) is 33.4. The second-order valence-corrected chi connectivity index (χ2v) is 15.6. The van der Waals surface area contributed by atoms with Crippen molar-refractivity contribution in [2.75, 3.05) is 49.1 Å². The van der Waals surface area contributed by atoms with E-state index in [4.69, 9.17) is 31.0 Å². The summed E-state index contributed by atoms with van der Waals surface area (Å²) >= 11 is 6.74. The summed E-state index contributed by atoms with van der Waals surface area (Å²) in [5.74, 6) is 0.786. The molecule has 12 heteroatoms. The molecule has 48 heavy (non-hydrogen) atoms. The molecule has 4 saturated heterocycles. The van der Waals surface area contributed by atoms with E-state index >= 15 is 0 Å². The molecule has 0 saturated carbocycles. The Morgan fingerprint density at radius 2 is 1.92 bits per heavy atom. The summed E-state index contributed by atoms with van der Waals surface area (Å²) in [6, 6.07) is 11.9. The molecule has 5 aliphatic rings. The van der Waals surface area contributed by atoms with Crippen molar-refractivity contribution in [3.8, 4) is 6.01 Å². The van der Waals surface area contributed by atoms with Crippen molar-refractivity contribution in [2.24, 2.45) is 0 Å². The van der Waals surface area contributed by atoms with E-state index < -0.39 is 30.0 Å². The van der Waals surface area contributed by atoms with Crippen LogP contribution in [-0.4, -0.2) is 106 Å². The van der Waals surface area contributed by atoms with Crippen LogP contribution in [0.3, 0.4) is 0 Å². The Morgan fingerprint density at radius 1 is 1.10 bits per heavy atom. The number of alkyl halides is 1. The average molecular weight is 679 g/mol. The SMILES string of the molecule is CC(C)(C)OC(=O)N1C2CN(c3nc(OCC45CCCN4C[C@H](F)C5)nc4c3CCN(c3cccc5cccc(Cl)c35)C4)C[C@H]1C[C@H]2O. The number of rotatable bonds is 5. The van der Waals surface area contributed by atoms with Crippen LogP contribution >= 0.6 is 11.6 Å². The van der Waals surface area contributed by atoms with Gasteiger partial charge in [0.05, 0.1) is 41.0 Å². The van der Waals surface area contributed by atoms with E-state index in [2.05, 4.69) is 39.0 Å². The van der Waals surface area contributed by atoms with E-state index in [0.29, 0.717) is 57.1 Å². The number of carbonyl (C=O) groups excluding carboxylic acids is 1. The predicted octanol–water partition coefficient (Wildman–Crippen LogP) is 5.36. The normalized spacial score (nSPS) is 28.6. The molecule has 6 heterocycles. The second-order valence-electron chi connectivity index (χ2n) is 15.2. The Balaban J connectivity index is 1.13. The maximum atomic E-state index is 14.6. The van der Waals surface area contributed by atoms with Crippen molar-refractivity contribution in [3.05, 3.63) is 52.7 Å². The molecule has 3 aromatic rings. The van der Waals surface area contributed by atoms with Gasteiger partial charge in [0, 0.05) is 49.2 Å². The topological polar surface area (TPSA) is 94.5 Å². The van der Waals surface area contributed by atoms with Gasteiger partial charge in [0.25, 0.3) is 0 Å². The van der Waals surface area contributed by atoms with Gasteiger partial charge in [0.1, 0.15) is 24.2 Å². The number of aliphatic hydroxyl groups is 1. The molecule has 0 aliphatic carbocycles. The number of halogens is 2. The summed E-state index contributed by atoms with van der Waals surface area (Å²) in [5.41, 5.74) is 2.02. The third kappa shape index (κ3) is 5.61. The molecular weight excluding hydrogens is 635 g/mol. The molecule has 4 fully saturated rings. The van der Waals surface area contributed by atoms with Crippen LogP contribution in [0.2, 0.25) is 5.02 Å². The molecule has 1 amide bonds. The number of benzene rings is 2. The number of hydrogen-bond acceptors (Lipinski definition) is 9. The highest BCUT2D eigenvalue weighted by atomic mass is 35.5. The molecule has 5 atom stereocenters. The van der Waals surface area contributed by atoms with Crippen LogP contribution < -0.4 is 14.5 Å². The van der Waals surface area contributed by atoms with Crippen LogP contribution in [-0.2, 0) is 17.7 Å². The minimum Gasteiger partial charge on any atom is -0.461 e. The smallest absolute Gasteiger partial charge is 0.411 e. The Bertz CT molecular complexity index is 1730. The maximum Gasteiger partial charge on any atom is 0.411 e. The predicted molar refractivity (Wildman–Crippen MR) is 183 cm³/mol. The molecule has 10 nitrogen and oxygen atoms in total. The lowest BCUT2D eigenvalue weighted by Gasteiger charge is -2.43. The first-order chi connectivity index (χ1) is 23.0. The molecule has 256 valence electrons. The van der Waals surface area contributed by atoms with Crippen LogP contribution in [0.1, 0.15) is 57.7 Å². The molecule has 1 aromatic heterocycles. The van der Waals surface area contributed by atoms with Gasteiger partial charge < -0.3 is 24.4 Å². The summed E-state index contributed by atoms with van der Waals surface area (Å²) < 4.78 is 26.8. The fourth-order valence-electron chi connectivity index (χ4n) is 8.81. The largest absolute Gasteiger partial charge is 0.461 e. The van der Waals surface area contributed by atoms with E-state index in [9.17, 15) is 14.3 Å². The van der Waals surface area contributed by atoms with E-state index in [-0.39, 0.29) is 17.6 Å². The third-order valence-corrected chi connectivity index (χ3v) is 11.2. The summed E-state index contributed by atoms with van der Waals surface area (Å²) in [6.07, 6.45) is 1.68. The zero-order valence-corrected chi connectivity index (χ0v) is 28.6. The molecule has 2 bridgehead atoms. The van der Waals surface area contributed by atoms with Crippen molar-refractivity contribution in [3.63, 3.8) is 0 Å². The lowest BCUT2D eigenvalue weighted by atomic mass is 9.95. The fourth-order valence-corrected chi connectivity index (χ4v) is 9.09. The zero-order valence-electron chi connectivity index (χ0n) is 27.9. The van der Waals surface area contributed by atoms with Gasteiger partial charge in [-0.1, -0.05) is 35.9 Å². The number of hydrogen-bond donors (Lipinski definition) is 1. The van der Waals surface area contributed by atoms with E-state index in [1.165, 1.54) is 0 Å². The summed E-state index contributed by atoms with van der Waals surface area (Å²) in [7, 11) is 0.